The first-order chi connectivity index (χ1) is 28.0. The largest absolute Gasteiger partial charge is 0.550 e. The van der Waals surface area contributed by atoms with Crippen molar-refractivity contribution < 1.29 is 38.2 Å². The van der Waals surface area contributed by atoms with Crippen molar-refractivity contribution in [2.45, 2.75) is 218 Å². The van der Waals surface area contributed by atoms with E-state index in [0.29, 0.717) is 36.2 Å². The number of rotatable bonds is 43. The molecular weight excluding hydrogens is 767 g/mol. The Hall–Kier alpha value is -1.78. The number of allylic oxidation sites excluding steroid dienone is 4. The van der Waals surface area contributed by atoms with Crippen LogP contribution in [0.15, 0.2) is 24.3 Å². The lowest BCUT2D eigenvalue weighted by molar-refractivity contribution is -0.890. The first kappa shape index (κ1) is 56.2. The summed E-state index contributed by atoms with van der Waals surface area (Å²) < 4.78 is 12.1. The molecule has 2 atom stereocenters. The van der Waals surface area contributed by atoms with Crippen LogP contribution in [0.2, 0.25) is 0 Å². The summed E-state index contributed by atoms with van der Waals surface area (Å²) in [4.78, 5) is 48.5. The molecule has 58 heavy (non-hydrogen) atoms. The van der Waals surface area contributed by atoms with Gasteiger partial charge in [0.25, 0.3) is 0 Å². The topological polar surface area (TPSA) is 110 Å². The molecular formula is C48H87NO7S2. The second-order valence-corrected chi connectivity index (χ2v) is 19.6. The molecule has 0 bridgehead atoms. The number of nitrogens with zero attached hydrogens (tertiary/aromatic N) is 1. The summed E-state index contributed by atoms with van der Waals surface area (Å²) in [6.07, 6.45) is 40.3. The molecule has 0 heterocycles. The van der Waals surface area contributed by atoms with E-state index in [9.17, 15) is 24.3 Å². The second-order valence-electron chi connectivity index (χ2n) is 16.9. The number of ether oxygens (including phenoxy) is 2. The molecule has 2 unspecified atom stereocenters. The SMILES string of the molecule is CCCCCCCC/C=C\CCCCCCCC(=O)OCC(C[N+](C)(C)CCSSC(CC(=O)[O-])C(C)=O)OC(=O)CCCCCCC/C=C\CCCCCCCC. The van der Waals surface area contributed by atoms with Gasteiger partial charge in [-0.05, 0) is 71.1 Å². The number of quaternary nitrogens is 1. The van der Waals surface area contributed by atoms with E-state index < -0.39 is 17.3 Å². The van der Waals surface area contributed by atoms with Crippen LogP contribution in [-0.2, 0) is 28.7 Å². The fraction of sp³-hybridized carbons (Fsp3) is 0.833. The number of hydrogen-bond donors (Lipinski definition) is 0. The zero-order chi connectivity index (χ0) is 43.0. The van der Waals surface area contributed by atoms with E-state index in [1.54, 1.807) is 0 Å². The number of aliphatic carboxylic acids is 1. The van der Waals surface area contributed by atoms with Crippen molar-refractivity contribution in [3.05, 3.63) is 24.3 Å². The smallest absolute Gasteiger partial charge is 0.306 e. The van der Waals surface area contributed by atoms with Crippen LogP contribution >= 0.6 is 21.6 Å². The molecule has 8 nitrogen and oxygen atoms in total. The first-order valence-corrected chi connectivity index (χ1v) is 25.8. The van der Waals surface area contributed by atoms with Crippen molar-refractivity contribution in [2.24, 2.45) is 0 Å². The molecule has 0 aromatic heterocycles. The summed E-state index contributed by atoms with van der Waals surface area (Å²) in [5, 5.41) is 10.4. The Morgan fingerprint density at radius 3 is 1.45 bits per heavy atom. The van der Waals surface area contributed by atoms with Crippen LogP contribution in [0.5, 0.6) is 0 Å². The lowest BCUT2D eigenvalue weighted by Gasteiger charge is -2.33. The molecule has 0 N–H and O–H groups in total. The zero-order valence-corrected chi connectivity index (χ0v) is 39.6. The maximum Gasteiger partial charge on any atom is 0.306 e. The van der Waals surface area contributed by atoms with Crippen molar-refractivity contribution in [1.29, 1.82) is 0 Å². The number of unbranched alkanes of at least 4 members (excludes halogenated alkanes) is 22. The van der Waals surface area contributed by atoms with Crippen LogP contribution in [0, 0.1) is 0 Å². The number of carboxylic acid groups (broad SMARTS) is 1. The van der Waals surface area contributed by atoms with Gasteiger partial charge in [-0.1, -0.05) is 162 Å². The average molecular weight is 854 g/mol. The van der Waals surface area contributed by atoms with E-state index >= 15 is 0 Å². The van der Waals surface area contributed by atoms with E-state index in [0.717, 1.165) is 57.8 Å². The van der Waals surface area contributed by atoms with Crippen molar-refractivity contribution >= 4 is 45.3 Å². The molecule has 0 rings (SSSR count). The third-order valence-electron chi connectivity index (χ3n) is 10.5. The molecule has 0 saturated carbocycles. The van der Waals surface area contributed by atoms with Crippen LogP contribution < -0.4 is 5.11 Å². The van der Waals surface area contributed by atoms with Crippen LogP contribution in [-0.4, -0.2) is 79.1 Å². The molecule has 0 amide bonds. The van der Waals surface area contributed by atoms with Crippen LogP contribution in [0.1, 0.15) is 207 Å². The van der Waals surface area contributed by atoms with Gasteiger partial charge < -0.3 is 23.9 Å². The standard InChI is InChI=1S/C48H87NO7S2/c1-6-8-10-12-14-16-18-20-22-24-26-28-30-32-34-36-47(53)55-42-44(41-49(4,5)38-39-57-58-45(43(3)50)40-46(51)52)56-48(54)37-35-33-31-29-27-25-23-21-19-17-15-13-11-9-7-2/h20-23,44-45H,6-19,24-42H2,1-5H3/b22-20-,23-21-. The second kappa shape index (κ2) is 40.6. The van der Waals surface area contributed by atoms with Gasteiger partial charge >= 0.3 is 11.9 Å². The molecule has 0 radical (unpaired) electrons. The molecule has 0 aliphatic carbocycles. The molecule has 0 spiro atoms. The van der Waals surface area contributed by atoms with Crippen LogP contribution in [0.3, 0.4) is 0 Å². The van der Waals surface area contributed by atoms with Crippen molar-refractivity contribution in [2.75, 3.05) is 39.5 Å². The van der Waals surface area contributed by atoms with Gasteiger partial charge in [-0.3, -0.25) is 14.4 Å². The number of likely N-dealkylation sites (N-methyl/N-ethyl adjacent to an activating group) is 1. The van der Waals surface area contributed by atoms with Gasteiger partial charge in [-0.2, -0.15) is 0 Å². The minimum absolute atomic E-state index is 0.0314. The number of carboxylic acids is 1. The summed E-state index contributed by atoms with van der Waals surface area (Å²) >= 11 is 0. The maximum absolute atomic E-state index is 13.0. The normalized spacial score (nSPS) is 13.0. The van der Waals surface area contributed by atoms with Crippen molar-refractivity contribution in [1.82, 2.24) is 0 Å². The Morgan fingerprint density at radius 1 is 0.603 bits per heavy atom. The minimum atomic E-state index is -1.23. The van der Waals surface area contributed by atoms with Gasteiger partial charge in [-0.25, -0.2) is 0 Å². The highest BCUT2D eigenvalue weighted by molar-refractivity contribution is 8.77. The Morgan fingerprint density at radius 2 is 1.02 bits per heavy atom. The van der Waals surface area contributed by atoms with Crippen molar-refractivity contribution in [3.63, 3.8) is 0 Å². The monoisotopic (exact) mass is 854 g/mol. The number of carbonyl (C=O) groups excluding carboxylic acids is 4. The summed E-state index contributed by atoms with van der Waals surface area (Å²) in [7, 11) is 6.79. The van der Waals surface area contributed by atoms with E-state index in [1.165, 1.54) is 138 Å². The number of carbonyl (C=O) groups is 4. The quantitative estimate of drug-likeness (QED) is 0.0195. The van der Waals surface area contributed by atoms with E-state index in [-0.39, 0.29) is 30.7 Å². The van der Waals surface area contributed by atoms with Crippen LogP contribution in [0.25, 0.3) is 0 Å². The number of hydrogen-bond acceptors (Lipinski definition) is 9. The third-order valence-corrected chi connectivity index (χ3v) is 13.3. The zero-order valence-electron chi connectivity index (χ0n) is 37.9. The molecule has 0 aromatic rings. The summed E-state index contributed by atoms with van der Waals surface area (Å²) in [6.45, 7) is 7.11. The molecule has 0 fully saturated rings. The molecule has 0 aliphatic heterocycles. The predicted octanol–water partition coefficient (Wildman–Crippen LogP) is 12.1. The van der Waals surface area contributed by atoms with Gasteiger partial charge in [0.1, 0.15) is 18.9 Å². The Kier molecular flexibility index (Phi) is 39.4. The van der Waals surface area contributed by atoms with E-state index in [4.69, 9.17) is 9.47 Å². The lowest BCUT2D eigenvalue weighted by atomic mass is 10.1. The maximum atomic E-state index is 13.0. The van der Waals surface area contributed by atoms with E-state index in [1.807, 2.05) is 14.1 Å². The number of ketones is 1. The van der Waals surface area contributed by atoms with E-state index in [2.05, 4.69) is 38.2 Å². The highest BCUT2D eigenvalue weighted by Crippen LogP contribution is 2.29. The number of Topliss-reactive ketones (excluding diaryl/α,β-unsaturated/α-hetero) is 1. The number of esters is 2. The lowest BCUT2D eigenvalue weighted by Crippen LogP contribution is -2.49. The highest BCUT2D eigenvalue weighted by Gasteiger charge is 2.27. The van der Waals surface area contributed by atoms with Crippen molar-refractivity contribution in [3.8, 4) is 0 Å². The predicted molar refractivity (Wildman–Crippen MR) is 246 cm³/mol. The van der Waals surface area contributed by atoms with Gasteiger partial charge in [0, 0.05) is 25.2 Å². The Bertz CT molecular complexity index is 1080. The van der Waals surface area contributed by atoms with Gasteiger partial charge in [0.15, 0.2) is 6.10 Å². The average Bonchev–Trinajstić information content (AvgIpc) is 3.17. The summed E-state index contributed by atoms with van der Waals surface area (Å²) in [5.41, 5.74) is 0. The molecule has 338 valence electrons. The fourth-order valence-corrected chi connectivity index (χ4v) is 9.55. The fourth-order valence-electron chi connectivity index (χ4n) is 6.76. The Balaban J connectivity index is 4.61. The summed E-state index contributed by atoms with van der Waals surface area (Å²) in [6, 6.07) is 0. The molecule has 10 heteroatoms. The summed E-state index contributed by atoms with van der Waals surface area (Å²) in [5.74, 6) is -1.26. The minimum Gasteiger partial charge on any atom is -0.550 e. The van der Waals surface area contributed by atoms with Gasteiger partial charge in [0.2, 0.25) is 0 Å². The Labute approximate surface area is 364 Å². The van der Waals surface area contributed by atoms with Crippen LogP contribution in [0.4, 0.5) is 0 Å². The first-order valence-electron chi connectivity index (χ1n) is 23.5. The molecule has 0 saturated heterocycles. The third kappa shape index (κ3) is 39.7. The van der Waals surface area contributed by atoms with Gasteiger partial charge in [-0.15, -0.1) is 0 Å². The van der Waals surface area contributed by atoms with Gasteiger partial charge in [0.05, 0.1) is 31.6 Å². The molecule has 0 aliphatic rings. The highest BCUT2D eigenvalue weighted by atomic mass is 33.1. The molecule has 0 aromatic carbocycles.